The van der Waals surface area contributed by atoms with Crippen LogP contribution in [-0.4, -0.2) is 31.5 Å². The monoisotopic (exact) mass is 460 g/mol. The van der Waals surface area contributed by atoms with Gasteiger partial charge in [0.2, 0.25) is 0 Å². The van der Waals surface area contributed by atoms with Gasteiger partial charge >= 0.3 is 0 Å². The molecular weight excluding hydrogens is 427 g/mol. The van der Waals surface area contributed by atoms with E-state index in [1.54, 1.807) is 0 Å². The quantitative estimate of drug-likeness (QED) is 0.300. The molecule has 0 fully saturated rings. The highest BCUT2D eigenvalue weighted by Gasteiger charge is 2.06. The van der Waals surface area contributed by atoms with Crippen molar-refractivity contribution in [3.05, 3.63) is 35.4 Å². The van der Waals surface area contributed by atoms with Gasteiger partial charge in [0.1, 0.15) is 0 Å². The molecule has 1 aromatic carbocycles. The van der Waals surface area contributed by atoms with Gasteiger partial charge in [0.05, 0.1) is 6.54 Å². The zero-order valence-corrected chi connectivity index (χ0v) is 18.2. The van der Waals surface area contributed by atoms with Gasteiger partial charge in [0, 0.05) is 25.2 Å². The molecule has 3 N–H and O–H groups in total. The summed E-state index contributed by atoms with van der Waals surface area (Å²) in [5, 5.41) is 9.50. The number of benzene rings is 1. The summed E-state index contributed by atoms with van der Waals surface area (Å²) >= 11 is 0. The van der Waals surface area contributed by atoms with Gasteiger partial charge in [0.15, 0.2) is 5.96 Å². The third-order valence-electron chi connectivity index (χ3n) is 4.00. The maximum Gasteiger partial charge on any atom is 0.251 e. The van der Waals surface area contributed by atoms with Crippen LogP contribution < -0.4 is 16.0 Å². The van der Waals surface area contributed by atoms with Crippen molar-refractivity contribution >= 4 is 35.8 Å². The largest absolute Gasteiger partial charge is 0.357 e. The van der Waals surface area contributed by atoms with Crippen LogP contribution in [-0.2, 0) is 6.54 Å². The van der Waals surface area contributed by atoms with Crippen molar-refractivity contribution in [3.63, 3.8) is 0 Å². The molecule has 0 heterocycles. The first-order valence-electron chi connectivity index (χ1n) is 9.03. The first-order valence-corrected chi connectivity index (χ1v) is 9.03. The number of hydrogen-bond donors (Lipinski definition) is 3. The highest BCUT2D eigenvalue weighted by atomic mass is 127. The molecule has 0 saturated heterocycles. The molecular formula is C19H33IN4O. The topological polar surface area (TPSA) is 65.5 Å². The van der Waals surface area contributed by atoms with E-state index in [1.807, 2.05) is 31.2 Å². The minimum atomic E-state index is -0.0397. The van der Waals surface area contributed by atoms with Crippen LogP contribution >= 0.6 is 24.0 Å². The maximum atomic E-state index is 11.9. The number of nitrogens with one attached hydrogen (secondary N) is 3. The lowest BCUT2D eigenvalue weighted by molar-refractivity contribution is 0.0955. The lowest BCUT2D eigenvalue weighted by Crippen LogP contribution is -2.39. The zero-order chi connectivity index (χ0) is 17.8. The third-order valence-corrected chi connectivity index (χ3v) is 4.00. The number of carbonyl (C=O) groups is 1. The van der Waals surface area contributed by atoms with Gasteiger partial charge in [-0.15, -0.1) is 24.0 Å². The Bertz CT molecular complexity index is 530. The summed E-state index contributed by atoms with van der Waals surface area (Å²) in [6, 6.07) is 7.63. The number of rotatable bonds is 9. The predicted molar refractivity (Wildman–Crippen MR) is 117 cm³/mol. The molecule has 0 aliphatic carbocycles. The normalized spacial score (nSPS) is 11.0. The van der Waals surface area contributed by atoms with Crippen LogP contribution in [0.1, 0.15) is 56.5 Å². The predicted octanol–water partition coefficient (Wildman–Crippen LogP) is 3.55. The second-order valence-corrected chi connectivity index (χ2v) is 5.82. The lowest BCUT2D eigenvalue weighted by atomic mass is 10.0. The molecule has 1 rings (SSSR count). The Morgan fingerprint density at radius 2 is 1.72 bits per heavy atom. The Labute approximate surface area is 169 Å². The van der Waals surface area contributed by atoms with Crippen LogP contribution in [0.4, 0.5) is 0 Å². The molecule has 0 spiro atoms. The Hall–Kier alpha value is -1.31. The third kappa shape index (κ3) is 9.09. The smallest absolute Gasteiger partial charge is 0.251 e. The van der Waals surface area contributed by atoms with E-state index in [-0.39, 0.29) is 29.9 Å². The molecule has 25 heavy (non-hydrogen) atoms. The molecule has 0 aromatic heterocycles. The first kappa shape index (κ1) is 23.7. The molecule has 0 aliphatic rings. The average Bonchev–Trinajstić information content (AvgIpc) is 2.60. The van der Waals surface area contributed by atoms with E-state index >= 15 is 0 Å². The van der Waals surface area contributed by atoms with Crippen LogP contribution in [0.3, 0.4) is 0 Å². The fourth-order valence-electron chi connectivity index (χ4n) is 2.40. The molecule has 0 unspecified atom stereocenters. The van der Waals surface area contributed by atoms with Crippen molar-refractivity contribution in [3.8, 4) is 0 Å². The standard InChI is InChI=1S/C19H32N4O.HI/c1-5-15(6-2)13-22-19(21-8-4)23-14-16-10-9-11-17(12-16)18(24)20-7-3;/h9-12,15H,5-8,13-14H2,1-4H3,(H,20,24)(H2,21,22,23);1H. The van der Waals surface area contributed by atoms with Crippen molar-refractivity contribution in [1.82, 2.24) is 16.0 Å². The van der Waals surface area contributed by atoms with Crippen molar-refractivity contribution in [1.29, 1.82) is 0 Å². The Morgan fingerprint density at radius 3 is 2.32 bits per heavy atom. The summed E-state index contributed by atoms with van der Waals surface area (Å²) < 4.78 is 0. The van der Waals surface area contributed by atoms with E-state index in [0.717, 1.165) is 37.5 Å². The summed E-state index contributed by atoms with van der Waals surface area (Å²) in [4.78, 5) is 16.5. The van der Waals surface area contributed by atoms with Crippen molar-refractivity contribution in [2.24, 2.45) is 10.9 Å². The Morgan fingerprint density at radius 1 is 1.04 bits per heavy atom. The molecule has 0 radical (unpaired) electrons. The highest BCUT2D eigenvalue weighted by Crippen LogP contribution is 2.07. The van der Waals surface area contributed by atoms with Gasteiger partial charge in [-0.3, -0.25) is 4.79 Å². The summed E-state index contributed by atoms with van der Waals surface area (Å²) in [7, 11) is 0. The molecule has 0 atom stereocenters. The van der Waals surface area contributed by atoms with E-state index in [1.165, 1.54) is 0 Å². The summed E-state index contributed by atoms with van der Waals surface area (Å²) in [6.07, 6.45) is 2.33. The summed E-state index contributed by atoms with van der Waals surface area (Å²) in [5.74, 6) is 1.45. The number of hydrogen-bond acceptors (Lipinski definition) is 2. The van der Waals surface area contributed by atoms with Gasteiger partial charge in [-0.25, -0.2) is 4.99 Å². The van der Waals surface area contributed by atoms with Crippen LogP contribution in [0.15, 0.2) is 29.3 Å². The lowest BCUT2D eigenvalue weighted by Gasteiger charge is -2.16. The zero-order valence-electron chi connectivity index (χ0n) is 15.9. The van der Waals surface area contributed by atoms with Crippen LogP contribution in [0, 0.1) is 5.92 Å². The van der Waals surface area contributed by atoms with E-state index in [2.05, 4.69) is 41.7 Å². The van der Waals surface area contributed by atoms with Crippen LogP contribution in [0.25, 0.3) is 0 Å². The number of halogens is 1. The fraction of sp³-hybridized carbons (Fsp3) is 0.579. The van der Waals surface area contributed by atoms with Crippen LogP contribution in [0.5, 0.6) is 0 Å². The number of amides is 1. The molecule has 1 aromatic rings. The number of carbonyl (C=O) groups excluding carboxylic acids is 1. The van der Waals surface area contributed by atoms with Crippen molar-refractivity contribution in [2.75, 3.05) is 19.6 Å². The van der Waals surface area contributed by atoms with Crippen molar-refractivity contribution in [2.45, 2.75) is 47.1 Å². The van der Waals surface area contributed by atoms with Gasteiger partial charge in [0.25, 0.3) is 5.91 Å². The number of aliphatic imine (C=N–C) groups is 1. The maximum absolute atomic E-state index is 11.9. The molecule has 142 valence electrons. The molecule has 5 nitrogen and oxygen atoms in total. The minimum Gasteiger partial charge on any atom is -0.357 e. The first-order chi connectivity index (χ1) is 11.6. The van der Waals surface area contributed by atoms with E-state index in [9.17, 15) is 4.79 Å². The SMILES string of the molecule is CCNC(=O)c1cccc(CN=C(NCC)NCC(CC)CC)c1.I. The van der Waals surface area contributed by atoms with Gasteiger partial charge in [-0.1, -0.05) is 38.8 Å². The fourth-order valence-corrected chi connectivity index (χ4v) is 2.40. The van der Waals surface area contributed by atoms with Gasteiger partial charge in [-0.05, 0) is 37.5 Å². The molecule has 0 bridgehead atoms. The average molecular weight is 460 g/mol. The minimum absolute atomic E-state index is 0. The Kier molecular flexibility index (Phi) is 13.2. The van der Waals surface area contributed by atoms with Crippen molar-refractivity contribution < 1.29 is 4.79 Å². The summed E-state index contributed by atoms with van der Waals surface area (Å²) in [5.41, 5.74) is 1.71. The number of nitrogens with zero attached hydrogens (tertiary/aromatic N) is 1. The summed E-state index contributed by atoms with van der Waals surface area (Å²) in [6.45, 7) is 11.3. The molecule has 1 amide bonds. The second kappa shape index (κ2) is 13.9. The van der Waals surface area contributed by atoms with Crippen LogP contribution in [0.2, 0.25) is 0 Å². The number of guanidine groups is 1. The molecule has 0 saturated carbocycles. The second-order valence-electron chi connectivity index (χ2n) is 5.82. The van der Waals surface area contributed by atoms with E-state index in [0.29, 0.717) is 24.6 Å². The molecule has 6 heteroatoms. The molecule has 0 aliphatic heterocycles. The Balaban J connectivity index is 0.00000576. The van der Waals surface area contributed by atoms with Gasteiger partial charge in [-0.2, -0.15) is 0 Å². The highest BCUT2D eigenvalue weighted by molar-refractivity contribution is 14.0. The van der Waals surface area contributed by atoms with E-state index in [4.69, 9.17) is 0 Å². The van der Waals surface area contributed by atoms with Gasteiger partial charge < -0.3 is 16.0 Å². The van der Waals surface area contributed by atoms with E-state index < -0.39 is 0 Å².